The van der Waals surface area contributed by atoms with E-state index in [4.69, 9.17) is 18.9 Å². The number of phenolic OH excluding ortho intramolecular Hbond substituents is 1. The van der Waals surface area contributed by atoms with E-state index in [1.54, 1.807) is 36.4 Å². The molecule has 0 unspecified atom stereocenters. The second-order valence-corrected chi connectivity index (χ2v) is 7.56. The highest BCUT2D eigenvalue weighted by atomic mass is 79.9. The highest BCUT2D eigenvalue weighted by Gasteiger charge is 2.28. The maximum absolute atomic E-state index is 12.6. The molecule has 0 aliphatic carbocycles. The molecule has 0 saturated carbocycles. The number of esters is 1. The lowest BCUT2D eigenvalue weighted by Gasteiger charge is -2.26. The Morgan fingerprint density at radius 3 is 2.45 bits per heavy atom. The zero-order chi connectivity index (χ0) is 22.8. The fourth-order valence-electron chi connectivity index (χ4n) is 2.77. The van der Waals surface area contributed by atoms with E-state index in [9.17, 15) is 14.7 Å². The minimum Gasteiger partial charge on any atom is -0.504 e. The summed E-state index contributed by atoms with van der Waals surface area (Å²) < 4.78 is 22.1. The number of phenols is 1. The van der Waals surface area contributed by atoms with Crippen molar-refractivity contribution in [2.75, 3.05) is 31.9 Å². The summed E-state index contributed by atoms with van der Waals surface area (Å²) in [5.74, 6) is -0.345. The molecule has 10 heteroatoms. The van der Waals surface area contributed by atoms with Crippen LogP contribution in [0.1, 0.15) is 18.1 Å². The van der Waals surface area contributed by atoms with Gasteiger partial charge in [0.25, 0.3) is 0 Å². The molecule has 2 aromatic rings. The zero-order valence-electron chi connectivity index (χ0n) is 17.0. The number of benzene rings is 2. The van der Waals surface area contributed by atoms with E-state index in [2.05, 4.69) is 33.9 Å². The molecule has 0 bridgehead atoms. The lowest BCUT2D eigenvalue weighted by Crippen LogP contribution is -2.29. The highest BCUT2D eigenvalue weighted by Crippen LogP contribution is 2.33. The maximum atomic E-state index is 12.6. The number of carbonyl (C=O) groups is 2. The summed E-state index contributed by atoms with van der Waals surface area (Å²) in [4.78, 5) is 23.9. The number of rotatable bonds is 10. The number of aromatic hydroxyl groups is 1. The van der Waals surface area contributed by atoms with Crippen molar-refractivity contribution >= 4 is 46.3 Å². The van der Waals surface area contributed by atoms with Crippen LogP contribution in [0.15, 0.2) is 46.9 Å². The predicted molar refractivity (Wildman–Crippen MR) is 122 cm³/mol. The van der Waals surface area contributed by atoms with Gasteiger partial charge in [-0.05, 0) is 42.0 Å². The van der Waals surface area contributed by atoms with Crippen molar-refractivity contribution in [2.24, 2.45) is 0 Å². The lowest BCUT2D eigenvalue weighted by atomic mass is 10.0. The molecule has 0 spiro atoms. The molecule has 0 saturated heterocycles. The standard InChI is InChI=1S/C21H24BrNO7S/c1-27-17-8-3-13(11-16(17)24)20(18(28-2)9-10-29-19(25)12-31)30-21(26)23-15-6-4-14(22)5-7-15/h3-8,11,18,20,24,31H,9-10,12H2,1-2H3,(H,23,26)/t18-,20-/m0/s1. The summed E-state index contributed by atoms with van der Waals surface area (Å²) in [5.41, 5.74) is 1.03. The van der Waals surface area contributed by atoms with E-state index >= 15 is 0 Å². The summed E-state index contributed by atoms with van der Waals surface area (Å²) in [6.45, 7) is 0.0498. The molecule has 0 aliphatic heterocycles. The highest BCUT2D eigenvalue weighted by molar-refractivity contribution is 9.10. The average molecular weight is 514 g/mol. The summed E-state index contributed by atoms with van der Waals surface area (Å²) >= 11 is 7.20. The van der Waals surface area contributed by atoms with Gasteiger partial charge in [-0.2, -0.15) is 12.6 Å². The van der Waals surface area contributed by atoms with Gasteiger partial charge in [-0.3, -0.25) is 10.1 Å². The van der Waals surface area contributed by atoms with E-state index < -0.39 is 24.3 Å². The molecule has 8 nitrogen and oxygen atoms in total. The molecule has 0 heterocycles. The number of hydrogen-bond donors (Lipinski definition) is 3. The Morgan fingerprint density at radius 1 is 1.16 bits per heavy atom. The maximum Gasteiger partial charge on any atom is 0.412 e. The van der Waals surface area contributed by atoms with Crippen molar-refractivity contribution < 1.29 is 33.6 Å². The van der Waals surface area contributed by atoms with Crippen molar-refractivity contribution in [3.8, 4) is 11.5 Å². The molecule has 2 aromatic carbocycles. The first-order valence-corrected chi connectivity index (χ1v) is 10.7. The summed E-state index contributed by atoms with van der Waals surface area (Å²) in [5, 5.41) is 12.8. The first-order valence-electron chi connectivity index (χ1n) is 9.27. The van der Waals surface area contributed by atoms with Crippen LogP contribution in [0.3, 0.4) is 0 Å². The van der Waals surface area contributed by atoms with Gasteiger partial charge in [-0.25, -0.2) is 4.79 Å². The van der Waals surface area contributed by atoms with E-state index in [1.807, 2.05) is 0 Å². The van der Waals surface area contributed by atoms with Crippen LogP contribution in [0, 0.1) is 0 Å². The van der Waals surface area contributed by atoms with Crippen molar-refractivity contribution in [3.63, 3.8) is 0 Å². The normalized spacial score (nSPS) is 12.5. The third kappa shape index (κ3) is 7.64. The number of halogens is 1. The number of amides is 1. The molecule has 2 rings (SSSR count). The lowest BCUT2D eigenvalue weighted by molar-refractivity contribution is -0.141. The number of ether oxygens (including phenoxy) is 4. The Morgan fingerprint density at radius 2 is 1.87 bits per heavy atom. The van der Waals surface area contributed by atoms with Crippen LogP contribution in [0.5, 0.6) is 11.5 Å². The van der Waals surface area contributed by atoms with Gasteiger partial charge in [-0.15, -0.1) is 0 Å². The molecule has 0 fully saturated rings. The number of methoxy groups -OCH3 is 2. The monoisotopic (exact) mass is 513 g/mol. The quantitative estimate of drug-likeness (QED) is 0.320. The van der Waals surface area contributed by atoms with E-state index in [1.165, 1.54) is 20.3 Å². The molecule has 0 aliphatic rings. The van der Waals surface area contributed by atoms with Gasteiger partial charge in [-0.1, -0.05) is 22.0 Å². The number of anilines is 1. The molecule has 0 radical (unpaired) electrons. The second-order valence-electron chi connectivity index (χ2n) is 6.33. The van der Waals surface area contributed by atoms with Crippen molar-refractivity contribution in [1.82, 2.24) is 0 Å². The van der Waals surface area contributed by atoms with Gasteiger partial charge in [0.05, 0.1) is 19.5 Å². The Balaban J connectivity index is 2.21. The average Bonchev–Trinajstić information content (AvgIpc) is 2.76. The fourth-order valence-corrected chi connectivity index (χ4v) is 3.12. The third-order valence-electron chi connectivity index (χ3n) is 4.29. The molecule has 168 valence electrons. The van der Waals surface area contributed by atoms with E-state index in [-0.39, 0.29) is 30.3 Å². The van der Waals surface area contributed by atoms with Crippen LogP contribution in [0.2, 0.25) is 0 Å². The first-order chi connectivity index (χ1) is 14.9. The molecule has 1 amide bonds. The van der Waals surface area contributed by atoms with E-state index in [0.29, 0.717) is 11.3 Å². The topological polar surface area (TPSA) is 103 Å². The van der Waals surface area contributed by atoms with Crippen LogP contribution in [-0.4, -0.2) is 49.9 Å². The number of carbonyl (C=O) groups excluding carboxylic acids is 2. The van der Waals surface area contributed by atoms with Gasteiger partial charge in [0, 0.05) is 23.7 Å². The molecule has 2 N–H and O–H groups in total. The molecular weight excluding hydrogens is 490 g/mol. The van der Waals surface area contributed by atoms with Crippen LogP contribution in [0.25, 0.3) is 0 Å². The summed E-state index contributed by atoms with van der Waals surface area (Å²) in [6, 6.07) is 11.6. The van der Waals surface area contributed by atoms with Gasteiger partial charge in [0.1, 0.15) is 6.10 Å². The second kappa shape index (κ2) is 12.4. The summed E-state index contributed by atoms with van der Waals surface area (Å²) in [7, 11) is 2.89. The van der Waals surface area contributed by atoms with Crippen molar-refractivity contribution in [3.05, 3.63) is 52.5 Å². The van der Waals surface area contributed by atoms with Gasteiger partial charge >= 0.3 is 12.1 Å². The van der Waals surface area contributed by atoms with Crippen molar-refractivity contribution in [2.45, 2.75) is 18.6 Å². The number of thiol groups is 1. The molecular formula is C21H24BrNO7S. The molecule has 0 aromatic heterocycles. The molecule has 31 heavy (non-hydrogen) atoms. The van der Waals surface area contributed by atoms with Gasteiger partial charge in [0.15, 0.2) is 17.6 Å². The van der Waals surface area contributed by atoms with Crippen LogP contribution < -0.4 is 10.1 Å². The number of hydrogen-bond acceptors (Lipinski definition) is 8. The SMILES string of the molecule is COc1ccc([C@H](OC(=O)Nc2ccc(Br)cc2)[C@H](CCOC(=O)CS)OC)cc1O. The smallest absolute Gasteiger partial charge is 0.412 e. The number of nitrogens with one attached hydrogen (secondary N) is 1. The van der Waals surface area contributed by atoms with E-state index in [0.717, 1.165) is 4.47 Å². The third-order valence-corrected chi connectivity index (χ3v) is 5.08. The largest absolute Gasteiger partial charge is 0.504 e. The van der Waals surface area contributed by atoms with Crippen LogP contribution >= 0.6 is 28.6 Å². The predicted octanol–water partition coefficient (Wildman–Crippen LogP) is 4.33. The molecule has 2 atom stereocenters. The fraction of sp³-hybridized carbons (Fsp3) is 0.333. The van der Waals surface area contributed by atoms with Gasteiger partial charge < -0.3 is 24.1 Å². The van der Waals surface area contributed by atoms with Crippen LogP contribution in [0.4, 0.5) is 10.5 Å². The Hall–Kier alpha value is -2.43. The van der Waals surface area contributed by atoms with Gasteiger partial charge in [0.2, 0.25) is 0 Å². The van der Waals surface area contributed by atoms with Crippen LogP contribution in [-0.2, 0) is 19.0 Å². The Bertz CT molecular complexity index is 879. The Labute approximate surface area is 194 Å². The van der Waals surface area contributed by atoms with Crippen molar-refractivity contribution in [1.29, 1.82) is 0 Å². The minimum absolute atomic E-state index is 0.0421. The summed E-state index contributed by atoms with van der Waals surface area (Å²) in [6.07, 6.45) is -2.01. The Kier molecular flexibility index (Phi) is 9.96. The zero-order valence-corrected chi connectivity index (χ0v) is 19.5. The first kappa shape index (κ1) is 24.8. The minimum atomic E-state index is -0.896.